The number of benzene rings is 1. The van der Waals surface area contributed by atoms with Crippen LogP contribution in [0.2, 0.25) is 0 Å². The van der Waals surface area contributed by atoms with Crippen LogP contribution in [-0.4, -0.2) is 61.9 Å². The standard InChI is InChI=1S/C21H24F4N4O4/c1-19(2,3)29(18(30)31)12-20(32)7-8-28(11-20)17-26-15(21(23,24)25)10-16(27-17)33-14-6-4-5-13(22)9-14/h4-6,9-10,32H,7-8,11-12H2,1-3H3,(H,30,31). The Morgan fingerprint density at radius 3 is 2.52 bits per heavy atom. The van der Waals surface area contributed by atoms with E-state index in [0.29, 0.717) is 6.07 Å². The highest BCUT2D eigenvalue weighted by Gasteiger charge is 2.43. The minimum Gasteiger partial charge on any atom is -0.465 e. The molecule has 33 heavy (non-hydrogen) atoms. The number of β-amino-alcohol motifs (C(OH)–C–C–N with tert-alkyl or cyclic N) is 1. The van der Waals surface area contributed by atoms with Gasteiger partial charge in [0.05, 0.1) is 13.1 Å². The number of aliphatic hydroxyl groups is 1. The van der Waals surface area contributed by atoms with Crippen molar-refractivity contribution < 1.29 is 37.3 Å². The Balaban J connectivity index is 1.88. The number of nitrogens with zero attached hydrogens (tertiary/aromatic N) is 4. The second kappa shape index (κ2) is 8.65. The van der Waals surface area contributed by atoms with Gasteiger partial charge in [0.15, 0.2) is 5.69 Å². The van der Waals surface area contributed by atoms with Gasteiger partial charge in [-0.25, -0.2) is 14.2 Å². The Bertz CT molecular complexity index is 1030. The van der Waals surface area contributed by atoms with Crippen molar-refractivity contribution in [2.45, 2.75) is 44.5 Å². The van der Waals surface area contributed by atoms with Gasteiger partial charge in [-0.05, 0) is 39.3 Å². The molecule has 0 aliphatic carbocycles. The van der Waals surface area contributed by atoms with Gasteiger partial charge in [-0.3, -0.25) is 0 Å². The third-order valence-corrected chi connectivity index (χ3v) is 5.11. The van der Waals surface area contributed by atoms with Gasteiger partial charge in [0.2, 0.25) is 11.8 Å². The van der Waals surface area contributed by atoms with E-state index >= 15 is 0 Å². The molecule has 1 saturated heterocycles. The minimum absolute atomic E-state index is 0.0482. The highest BCUT2D eigenvalue weighted by atomic mass is 19.4. The topological polar surface area (TPSA) is 99.0 Å². The summed E-state index contributed by atoms with van der Waals surface area (Å²) in [7, 11) is 0. The molecule has 1 atom stereocenters. The molecular formula is C21H24F4N4O4. The van der Waals surface area contributed by atoms with Crippen LogP contribution in [-0.2, 0) is 6.18 Å². The van der Waals surface area contributed by atoms with Crippen molar-refractivity contribution in [3.63, 3.8) is 0 Å². The van der Waals surface area contributed by atoms with Gasteiger partial charge in [0, 0.05) is 24.2 Å². The van der Waals surface area contributed by atoms with Crippen molar-refractivity contribution in [2.24, 2.45) is 0 Å². The molecule has 2 heterocycles. The SMILES string of the molecule is CC(C)(C)N(CC1(O)CCN(c2nc(Oc3cccc(F)c3)cc(C(F)(F)F)n2)C1)C(=O)O. The summed E-state index contributed by atoms with van der Waals surface area (Å²) < 4.78 is 59.0. The van der Waals surface area contributed by atoms with Crippen LogP contribution in [0.3, 0.4) is 0 Å². The zero-order chi connectivity index (χ0) is 24.6. The van der Waals surface area contributed by atoms with Crippen molar-refractivity contribution in [3.05, 3.63) is 41.8 Å². The van der Waals surface area contributed by atoms with E-state index in [2.05, 4.69) is 9.97 Å². The van der Waals surface area contributed by atoms with E-state index < -0.39 is 40.8 Å². The average molecular weight is 472 g/mol. The van der Waals surface area contributed by atoms with Gasteiger partial charge in [-0.15, -0.1) is 0 Å². The molecule has 3 rings (SSSR count). The van der Waals surface area contributed by atoms with Crippen LogP contribution in [0.1, 0.15) is 32.9 Å². The van der Waals surface area contributed by atoms with Crippen LogP contribution in [0.25, 0.3) is 0 Å². The predicted molar refractivity (Wildman–Crippen MR) is 110 cm³/mol. The molecule has 1 unspecified atom stereocenters. The quantitative estimate of drug-likeness (QED) is 0.631. The lowest BCUT2D eigenvalue weighted by Gasteiger charge is -2.38. The van der Waals surface area contributed by atoms with Gasteiger partial charge in [-0.1, -0.05) is 6.07 Å². The molecule has 2 aromatic rings. The number of anilines is 1. The Kier molecular flexibility index (Phi) is 6.42. The zero-order valence-electron chi connectivity index (χ0n) is 18.2. The highest BCUT2D eigenvalue weighted by Crippen LogP contribution is 2.34. The Hall–Kier alpha value is -3.15. The Morgan fingerprint density at radius 2 is 1.94 bits per heavy atom. The van der Waals surface area contributed by atoms with Crippen molar-refractivity contribution in [2.75, 3.05) is 24.5 Å². The molecule has 1 aromatic heterocycles. The third-order valence-electron chi connectivity index (χ3n) is 5.11. The van der Waals surface area contributed by atoms with Crippen molar-refractivity contribution in [1.82, 2.24) is 14.9 Å². The first-order chi connectivity index (χ1) is 15.2. The summed E-state index contributed by atoms with van der Waals surface area (Å²) in [6, 6.07) is 5.45. The van der Waals surface area contributed by atoms with Crippen molar-refractivity contribution >= 4 is 12.0 Å². The van der Waals surface area contributed by atoms with E-state index in [-0.39, 0.29) is 37.8 Å². The molecule has 0 bridgehead atoms. The van der Waals surface area contributed by atoms with E-state index in [1.54, 1.807) is 20.8 Å². The summed E-state index contributed by atoms with van der Waals surface area (Å²) in [5, 5.41) is 20.5. The molecule has 1 aromatic carbocycles. The Labute approximate surface area is 187 Å². The van der Waals surface area contributed by atoms with Crippen molar-refractivity contribution in [3.8, 4) is 11.6 Å². The lowest BCUT2D eigenvalue weighted by molar-refractivity contribution is -0.141. The molecule has 1 fully saturated rings. The molecular weight excluding hydrogens is 448 g/mol. The maximum absolute atomic E-state index is 13.4. The molecule has 0 radical (unpaired) electrons. The van der Waals surface area contributed by atoms with Crippen LogP contribution in [0.15, 0.2) is 30.3 Å². The summed E-state index contributed by atoms with van der Waals surface area (Å²) in [4.78, 5) is 21.6. The van der Waals surface area contributed by atoms with Crippen molar-refractivity contribution in [1.29, 1.82) is 0 Å². The number of amides is 1. The number of alkyl halides is 3. The van der Waals surface area contributed by atoms with Gasteiger partial charge < -0.3 is 24.7 Å². The molecule has 2 N–H and O–H groups in total. The largest absolute Gasteiger partial charge is 0.465 e. The molecule has 1 amide bonds. The normalized spacial score (nSPS) is 19.0. The zero-order valence-corrected chi connectivity index (χ0v) is 18.2. The second-order valence-electron chi connectivity index (χ2n) is 8.88. The molecule has 1 aliphatic heterocycles. The molecule has 0 saturated carbocycles. The fourth-order valence-electron chi connectivity index (χ4n) is 3.45. The molecule has 0 spiro atoms. The number of hydrogen-bond donors (Lipinski definition) is 2. The minimum atomic E-state index is -4.81. The van der Waals surface area contributed by atoms with Crippen LogP contribution in [0.4, 0.5) is 28.3 Å². The lowest BCUT2D eigenvalue weighted by Crippen LogP contribution is -2.54. The summed E-state index contributed by atoms with van der Waals surface area (Å²) in [6.45, 7) is 4.67. The molecule has 1 aliphatic rings. The number of carboxylic acid groups (broad SMARTS) is 1. The van der Waals surface area contributed by atoms with Crippen LogP contribution >= 0.6 is 0 Å². The predicted octanol–water partition coefficient (Wildman–Crippen LogP) is 4.15. The van der Waals surface area contributed by atoms with Gasteiger partial charge in [0.25, 0.3) is 0 Å². The van der Waals surface area contributed by atoms with Gasteiger partial charge in [-0.2, -0.15) is 18.2 Å². The number of ether oxygens (including phenoxy) is 1. The molecule has 180 valence electrons. The average Bonchev–Trinajstić information content (AvgIpc) is 3.07. The molecule has 8 nitrogen and oxygen atoms in total. The summed E-state index contributed by atoms with van der Waals surface area (Å²) >= 11 is 0. The number of carbonyl (C=O) groups is 1. The van der Waals surface area contributed by atoms with Gasteiger partial charge in [0.1, 0.15) is 17.2 Å². The second-order valence-corrected chi connectivity index (χ2v) is 8.88. The maximum Gasteiger partial charge on any atom is 0.433 e. The number of aromatic nitrogens is 2. The first-order valence-corrected chi connectivity index (χ1v) is 10.0. The highest BCUT2D eigenvalue weighted by molar-refractivity contribution is 5.66. The summed E-state index contributed by atoms with van der Waals surface area (Å²) in [6.07, 6.45) is -5.94. The third kappa shape index (κ3) is 6.01. The van der Waals surface area contributed by atoms with E-state index in [1.165, 1.54) is 17.0 Å². The fourth-order valence-corrected chi connectivity index (χ4v) is 3.45. The van der Waals surface area contributed by atoms with E-state index in [4.69, 9.17) is 4.74 Å². The number of halogens is 4. The fraction of sp³-hybridized carbons (Fsp3) is 0.476. The van der Waals surface area contributed by atoms with E-state index in [9.17, 15) is 32.6 Å². The maximum atomic E-state index is 13.4. The summed E-state index contributed by atoms with van der Waals surface area (Å²) in [5.41, 5.74) is -3.59. The summed E-state index contributed by atoms with van der Waals surface area (Å²) in [5.74, 6) is -1.47. The lowest BCUT2D eigenvalue weighted by atomic mass is 9.98. The van der Waals surface area contributed by atoms with E-state index in [1.807, 2.05) is 0 Å². The van der Waals surface area contributed by atoms with Crippen LogP contribution in [0.5, 0.6) is 11.6 Å². The first-order valence-electron chi connectivity index (χ1n) is 10.0. The Morgan fingerprint density at radius 1 is 1.24 bits per heavy atom. The van der Waals surface area contributed by atoms with Crippen LogP contribution < -0.4 is 9.64 Å². The van der Waals surface area contributed by atoms with Gasteiger partial charge >= 0.3 is 12.3 Å². The smallest absolute Gasteiger partial charge is 0.433 e. The molecule has 12 heteroatoms. The van der Waals surface area contributed by atoms with E-state index in [0.717, 1.165) is 17.0 Å². The first kappa shape index (κ1) is 24.5. The van der Waals surface area contributed by atoms with Crippen LogP contribution in [0, 0.1) is 5.82 Å². The number of rotatable bonds is 5. The monoisotopic (exact) mass is 472 g/mol. The number of hydrogen-bond acceptors (Lipinski definition) is 6.